The quantitative estimate of drug-likeness (QED) is 0.254. The average Bonchev–Trinajstić information content (AvgIpc) is 2.80. The zero-order chi connectivity index (χ0) is 25.6. The van der Waals surface area contributed by atoms with Gasteiger partial charge < -0.3 is 48.5 Å². The number of aromatic carboxylic acids is 2. The van der Waals surface area contributed by atoms with E-state index in [9.17, 15) is 9.59 Å². The van der Waals surface area contributed by atoms with Crippen molar-refractivity contribution in [2.24, 2.45) is 0 Å². The van der Waals surface area contributed by atoms with Crippen molar-refractivity contribution in [2.45, 2.75) is 6.61 Å². The molecule has 0 bridgehead atoms. The zero-order valence-corrected chi connectivity index (χ0v) is 17.8. The van der Waals surface area contributed by atoms with Gasteiger partial charge in [0.1, 0.15) is 5.75 Å². The number of anilines is 4. The van der Waals surface area contributed by atoms with E-state index in [2.05, 4.69) is 0 Å². The molecule has 0 heterocycles. The van der Waals surface area contributed by atoms with Gasteiger partial charge in [-0.1, -0.05) is 12.1 Å². The Labute approximate surface area is 190 Å². The fourth-order valence-electron chi connectivity index (χ4n) is 2.06. The van der Waals surface area contributed by atoms with Gasteiger partial charge in [0.2, 0.25) is 0 Å². The van der Waals surface area contributed by atoms with E-state index in [1.807, 2.05) is 12.1 Å². The number of aliphatic hydroxyl groups excluding tert-OH is 2. The Bertz CT molecular complexity index is 1040. The highest BCUT2D eigenvalue weighted by Crippen LogP contribution is 2.18. The lowest BCUT2D eigenvalue weighted by atomic mass is 10.1. The Morgan fingerprint density at radius 2 is 1.12 bits per heavy atom. The summed E-state index contributed by atoms with van der Waals surface area (Å²) in [5.41, 5.74) is 23.9. The van der Waals surface area contributed by atoms with Gasteiger partial charge in [-0.25, -0.2) is 9.59 Å². The van der Waals surface area contributed by atoms with E-state index in [-0.39, 0.29) is 29.0 Å². The van der Waals surface area contributed by atoms with Crippen LogP contribution in [0.2, 0.25) is 0 Å². The molecule has 3 aromatic rings. The van der Waals surface area contributed by atoms with Crippen LogP contribution in [0.15, 0.2) is 60.7 Å². The number of rotatable bonds is 3. The Morgan fingerprint density at radius 3 is 1.52 bits per heavy atom. The standard InChI is InChI=1S/C8H8O4.C7H8N2O2.C6H8N2.CH4O/c9-4-6-3-5(8(11)12)1-2-7(6)10;8-5-2-1-4(7(10)11)3-6(5)9;7-5-3-1-2-4-6(5)8;1-2/h1-3,9-10H,4H2,(H,11,12);1-3H,8-9H2,(H,10,11);1-4H,7-8H2;2H,1H3. The van der Waals surface area contributed by atoms with Gasteiger partial charge >= 0.3 is 11.9 Å². The molecule has 33 heavy (non-hydrogen) atoms. The molecule has 13 N–H and O–H groups in total. The molecule has 0 atom stereocenters. The third kappa shape index (κ3) is 9.91. The first kappa shape index (κ1) is 28.5. The van der Waals surface area contributed by atoms with Crippen LogP contribution in [-0.2, 0) is 6.61 Å². The molecule has 0 unspecified atom stereocenters. The molecule has 0 amide bonds. The number of phenols is 1. The van der Waals surface area contributed by atoms with Gasteiger partial charge in [0.15, 0.2) is 0 Å². The molecular weight excluding hydrogens is 432 g/mol. The third-order valence-corrected chi connectivity index (χ3v) is 3.83. The maximum Gasteiger partial charge on any atom is 0.335 e. The molecular formula is C22H28N4O7. The van der Waals surface area contributed by atoms with Gasteiger partial charge in [-0.05, 0) is 48.5 Å². The van der Waals surface area contributed by atoms with E-state index in [0.717, 1.165) is 7.11 Å². The molecule has 0 aliphatic heterocycles. The fourth-order valence-corrected chi connectivity index (χ4v) is 2.06. The first-order valence-corrected chi connectivity index (χ1v) is 9.15. The van der Waals surface area contributed by atoms with Crippen molar-refractivity contribution in [1.29, 1.82) is 0 Å². The Kier molecular flexibility index (Phi) is 12.5. The number of aliphatic hydroxyl groups is 2. The fraction of sp³-hybridized carbons (Fsp3) is 0.0909. The molecule has 11 nitrogen and oxygen atoms in total. The molecule has 0 aromatic heterocycles. The highest BCUT2D eigenvalue weighted by Gasteiger charge is 2.06. The van der Waals surface area contributed by atoms with E-state index in [1.54, 1.807) is 12.1 Å². The average molecular weight is 460 g/mol. The molecule has 0 aliphatic carbocycles. The molecule has 3 aromatic carbocycles. The summed E-state index contributed by atoms with van der Waals surface area (Å²) < 4.78 is 0. The van der Waals surface area contributed by atoms with Gasteiger partial charge in [0.25, 0.3) is 0 Å². The van der Waals surface area contributed by atoms with Crippen molar-refractivity contribution in [3.63, 3.8) is 0 Å². The number of carboxylic acid groups (broad SMARTS) is 2. The van der Waals surface area contributed by atoms with Gasteiger partial charge in [-0.3, -0.25) is 0 Å². The number of aromatic hydroxyl groups is 1. The maximum absolute atomic E-state index is 10.4. The molecule has 11 heteroatoms. The van der Waals surface area contributed by atoms with E-state index < -0.39 is 11.9 Å². The number of hydrogen-bond donors (Lipinski definition) is 9. The first-order chi connectivity index (χ1) is 15.6. The topological polar surface area (TPSA) is 239 Å². The van der Waals surface area contributed by atoms with Crippen LogP contribution >= 0.6 is 0 Å². The van der Waals surface area contributed by atoms with Crippen molar-refractivity contribution >= 4 is 34.7 Å². The second kappa shape index (κ2) is 14.5. The third-order valence-electron chi connectivity index (χ3n) is 3.83. The lowest BCUT2D eigenvalue weighted by Gasteiger charge is -2.01. The summed E-state index contributed by atoms with van der Waals surface area (Å²) in [5.74, 6) is -2.18. The van der Waals surface area contributed by atoms with Crippen LogP contribution < -0.4 is 22.9 Å². The van der Waals surface area contributed by atoms with Crippen LogP contribution in [0.4, 0.5) is 22.7 Å². The summed E-state index contributed by atoms with van der Waals surface area (Å²) >= 11 is 0. The second-order valence-electron chi connectivity index (χ2n) is 6.08. The van der Waals surface area contributed by atoms with Crippen LogP contribution in [-0.4, -0.2) is 44.6 Å². The van der Waals surface area contributed by atoms with Crippen LogP contribution in [0.1, 0.15) is 26.3 Å². The highest BCUT2D eigenvalue weighted by molar-refractivity contribution is 5.90. The van der Waals surface area contributed by atoms with E-state index in [0.29, 0.717) is 22.7 Å². The van der Waals surface area contributed by atoms with Gasteiger partial charge in [-0.2, -0.15) is 0 Å². The molecule has 3 rings (SSSR count). The summed E-state index contributed by atoms with van der Waals surface area (Å²) in [7, 11) is 1.00. The van der Waals surface area contributed by atoms with Gasteiger partial charge in [-0.15, -0.1) is 0 Å². The number of nitrogens with two attached hydrogens (primary N) is 4. The summed E-state index contributed by atoms with van der Waals surface area (Å²) in [4.78, 5) is 20.8. The SMILES string of the molecule is CO.Nc1ccc(C(=O)O)cc1N.Nc1ccccc1N.O=C(O)c1ccc(O)c(CO)c1. The number of para-hydroxylation sites is 2. The zero-order valence-electron chi connectivity index (χ0n) is 17.8. The molecule has 178 valence electrons. The Morgan fingerprint density at radius 1 is 0.697 bits per heavy atom. The van der Waals surface area contributed by atoms with E-state index in [1.165, 1.54) is 36.4 Å². The monoisotopic (exact) mass is 460 g/mol. The van der Waals surface area contributed by atoms with Crippen LogP contribution in [0.25, 0.3) is 0 Å². The maximum atomic E-state index is 10.4. The number of benzene rings is 3. The molecule has 0 fully saturated rings. The number of carboxylic acids is 2. The van der Waals surface area contributed by atoms with Crippen molar-refractivity contribution in [1.82, 2.24) is 0 Å². The van der Waals surface area contributed by atoms with E-state index in [4.69, 9.17) is 48.5 Å². The second-order valence-corrected chi connectivity index (χ2v) is 6.08. The normalized spacial score (nSPS) is 9.06. The largest absolute Gasteiger partial charge is 0.508 e. The molecule has 0 saturated heterocycles. The minimum absolute atomic E-state index is 0.0526. The molecule has 0 saturated carbocycles. The van der Waals surface area contributed by atoms with Gasteiger partial charge in [0.05, 0.1) is 40.5 Å². The molecule has 0 radical (unpaired) electrons. The number of hydrogen-bond acceptors (Lipinski definition) is 9. The van der Waals surface area contributed by atoms with Crippen molar-refractivity contribution in [3.8, 4) is 5.75 Å². The minimum Gasteiger partial charge on any atom is -0.508 e. The molecule has 0 aliphatic rings. The Hall–Kier alpha value is -4.48. The van der Waals surface area contributed by atoms with Crippen LogP contribution in [0.5, 0.6) is 5.75 Å². The summed E-state index contributed by atoms with van der Waals surface area (Å²) in [5, 5.41) is 41.8. The summed E-state index contributed by atoms with van der Waals surface area (Å²) in [6.45, 7) is -0.368. The number of nitrogen functional groups attached to an aromatic ring is 4. The van der Waals surface area contributed by atoms with Crippen molar-refractivity contribution < 1.29 is 35.1 Å². The van der Waals surface area contributed by atoms with E-state index >= 15 is 0 Å². The Balaban J connectivity index is 0.000000456. The predicted molar refractivity (Wildman–Crippen MR) is 127 cm³/mol. The smallest absolute Gasteiger partial charge is 0.335 e. The van der Waals surface area contributed by atoms with Gasteiger partial charge in [0, 0.05) is 12.7 Å². The lowest BCUT2D eigenvalue weighted by Crippen LogP contribution is -2.00. The predicted octanol–water partition coefficient (Wildman–Crippen LogP) is 1.59. The summed E-state index contributed by atoms with van der Waals surface area (Å²) in [6.07, 6.45) is 0. The molecule has 0 spiro atoms. The minimum atomic E-state index is -1.08. The number of carbonyl (C=O) groups is 2. The summed E-state index contributed by atoms with van der Waals surface area (Å²) in [6, 6.07) is 15.2. The first-order valence-electron chi connectivity index (χ1n) is 9.15. The van der Waals surface area contributed by atoms with Crippen LogP contribution in [0.3, 0.4) is 0 Å². The lowest BCUT2D eigenvalue weighted by molar-refractivity contribution is 0.0686. The van der Waals surface area contributed by atoms with Crippen LogP contribution in [0, 0.1) is 0 Å². The van der Waals surface area contributed by atoms with Crippen molar-refractivity contribution in [2.75, 3.05) is 30.0 Å². The van der Waals surface area contributed by atoms with Crippen molar-refractivity contribution in [3.05, 3.63) is 77.4 Å². The highest BCUT2D eigenvalue weighted by atomic mass is 16.4.